The monoisotopic (exact) mass is 387 g/mol. The Bertz CT molecular complexity index is 655. The molecule has 0 spiro atoms. The van der Waals surface area contributed by atoms with Crippen LogP contribution in [0.1, 0.15) is 24.8 Å². The van der Waals surface area contributed by atoms with E-state index >= 15 is 0 Å². The summed E-state index contributed by atoms with van der Waals surface area (Å²) < 4.78 is 26.6. The van der Waals surface area contributed by atoms with Crippen LogP contribution in [0.15, 0.2) is 30.3 Å². The maximum Gasteiger partial charge on any atom is 0.224 e. The van der Waals surface area contributed by atoms with Crippen LogP contribution in [0.5, 0.6) is 0 Å². The topological polar surface area (TPSA) is 69.7 Å². The highest BCUT2D eigenvalue weighted by molar-refractivity contribution is 7.88. The number of hydrogen-bond donors (Lipinski definition) is 1. The fraction of sp³-hybridized carbons (Fsp3) is 0.588. The van der Waals surface area contributed by atoms with E-state index in [4.69, 9.17) is 0 Å². The molecule has 3 rings (SSSR count). The number of sulfonamides is 1. The van der Waals surface area contributed by atoms with Gasteiger partial charge in [0.05, 0.1) is 5.75 Å². The minimum Gasteiger partial charge on any atom is -0.340 e. The van der Waals surface area contributed by atoms with Crippen molar-refractivity contribution in [1.29, 1.82) is 0 Å². The summed E-state index contributed by atoms with van der Waals surface area (Å²) in [6.07, 6.45) is 2.71. The number of carbonyl (C=O) groups is 1. The Labute approximate surface area is 156 Å². The van der Waals surface area contributed by atoms with Gasteiger partial charge >= 0.3 is 0 Å². The van der Waals surface area contributed by atoms with Gasteiger partial charge in [0.15, 0.2) is 0 Å². The molecule has 2 aliphatic rings. The van der Waals surface area contributed by atoms with Gasteiger partial charge in [0, 0.05) is 38.6 Å². The van der Waals surface area contributed by atoms with Crippen LogP contribution < -0.4 is 5.32 Å². The van der Waals surface area contributed by atoms with Crippen LogP contribution in [-0.2, 0) is 20.6 Å². The molecule has 2 aliphatic heterocycles. The standard InChI is InChI=1S/C17H25N3O3S.ClH/c21-17(13-16-7-4-8-18-16)19-9-11-20(12-10-19)24(22,23)14-15-5-2-1-3-6-15;/h1-3,5-6,16,18H,4,7-14H2;1H. The minimum absolute atomic E-state index is 0. The molecule has 0 aromatic heterocycles. The molecule has 2 saturated heterocycles. The molecule has 1 N–H and O–H groups in total. The Morgan fingerprint density at radius 3 is 2.40 bits per heavy atom. The second-order valence-corrected chi connectivity index (χ2v) is 8.49. The number of hydrogen-bond acceptors (Lipinski definition) is 4. The number of carbonyl (C=O) groups excluding carboxylic acids is 1. The van der Waals surface area contributed by atoms with E-state index in [9.17, 15) is 13.2 Å². The van der Waals surface area contributed by atoms with Crippen molar-refractivity contribution < 1.29 is 13.2 Å². The Balaban J connectivity index is 0.00000225. The van der Waals surface area contributed by atoms with Crippen LogP contribution in [0.4, 0.5) is 0 Å². The molecule has 0 saturated carbocycles. The van der Waals surface area contributed by atoms with Crippen LogP contribution >= 0.6 is 12.4 Å². The number of rotatable bonds is 5. The van der Waals surface area contributed by atoms with Gasteiger partial charge in [-0.3, -0.25) is 4.79 Å². The molecule has 0 aliphatic carbocycles. The van der Waals surface area contributed by atoms with Crippen molar-refractivity contribution in [2.75, 3.05) is 32.7 Å². The SMILES string of the molecule is Cl.O=C(CC1CCCN1)N1CCN(S(=O)(=O)Cc2ccccc2)CC1. The molecule has 6 nitrogen and oxygen atoms in total. The average molecular weight is 388 g/mol. The van der Waals surface area contributed by atoms with E-state index in [1.54, 1.807) is 4.90 Å². The predicted molar refractivity (Wildman–Crippen MR) is 100 cm³/mol. The second-order valence-electron chi connectivity index (χ2n) is 6.52. The molecule has 8 heteroatoms. The van der Waals surface area contributed by atoms with E-state index in [0.717, 1.165) is 24.9 Å². The summed E-state index contributed by atoms with van der Waals surface area (Å²) in [5, 5.41) is 3.33. The van der Waals surface area contributed by atoms with Crippen LogP contribution in [0.2, 0.25) is 0 Å². The van der Waals surface area contributed by atoms with Crippen molar-refractivity contribution in [2.24, 2.45) is 0 Å². The lowest BCUT2D eigenvalue weighted by atomic mass is 10.1. The zero-order valence-corrected chi connectivity index (χ0v) is 15.9. The van der Waals surface area contributed by atoms with Crippen molar-refractivity contribution in [1.82, 2.24) is 14.5 Å². The lowest BCUT2D eigenvalue weighted by molar-refractivity contribution is -0.132. The first-order valence-electron chi connectivity index (χ1n) is 8.57. The molecule has 1 aromatic rings. The third kappa shape index (κ3) is 5.41. The first-order valence-corrected chi connectivity index (χ1v) is 10.2. The molecule has 1 aromatic carbocycles. The fourth-order valence-corrected chi connectivity index (χ4v) is 4.88. The van der Waals surface area contributed by atoms with Gasteiger partial charge in [-0.15, -0.1) is 12.4 Å². The molecule has 0 bridgehead atoms. The lowest BCUT2D eigenvalue weighted by Crippen LogP contribution is -2.51. The summed E-state index contributed by atoms with van der Waals surface area (Å²) in [5.74, 6) is 0.155. The van der Waals surface area contributed by atoms with Gasteiger partial charge in [-0.1, -0.05) is 30.3 Å². The van der Waals surface area contributed by atoms with Gasteiger partial charge in [-0.25, -0.2) is 8.42 Å². The maximum absolute atomic E-state index is 12.5. The van der Waals surface area contributed by atoms with Gasteiger partial charge in [0.1, 0.15) is 0 Å². The Morgan fingerprint density at radius 1 is 1.12 bits per heavy atom. The van der Waals surface area contributed by atoms with Crippen molar-refractivity contribution in [3.8, 4) is 0 Å². The number of piperazine rings is 1. The molecule has 1 atom stereocenters. The number of halogens is 1. The molecule has 0 radical (unpaired) electrons. The quantitative estimate of drug-likeness (QED) is 0.824. The number of benzene rings is 1. The summed E-state index contributed by atoms with van der Waals surface area (Å²) in [5.41, 5.74) is 0.795. The zero-order valence-electron chi connectivity index (χ0n) is 14.3. The average Bonchev–Trinajstić information content (AvgIpc) is 3.08. The number of nitrogens with zero attached hydrogens (tertiary/aromatic N) is 2. The first kappa shape index (κ1) is 20.2. The lowest BCUT2D eigenvalue weighted by Gasteiger charge is -2.34. The van der Waals surface area contributed by atoms with Crippen molar-refractivity contribution >= 4 is 28.3 Å². The van der Waals surface area contributed by atoms with Crippen molar-refractivity contribution in [3.05, 3.63) is 35.9 Å². The van der Waals surface area contributed by atoms with Crippen molar-refractivity contribution in [3.63, 3.8) is 0 Å². The van der Waals surface area contributed by atoms with Crippen molar-refractivity contribution in [2.45, 2.75) is 31.1 Å². The predicted octanol–water partition coefficient (Wildman–Crippen LogP) is 1.22. The van der Waals surface area contributed by atoms with Gasteiger partial charge in [-0.05, 0) is 24.9 Å². The second kappa shape index (κ2) is 8.98. The molecule has 140 valence electrons. The highest BCUT2D eigenvalue weighted by atomic mass is 35.5. The smallest absolute Gasteiger partial charge is 0.224 e. The number of amides is 1. The van der Waals surface area contributed by atoms with Crippen LogP contribution in [-0.4, -0.2) is 62.3 Å². The van der Waals surface area contributed by atoms with Gasteiger partial charge < -0.3 is 10.2 Å². The molecule has 2 fully saturated rings. The highest BCUT2D eigenvalue weighted by Gasteiger charge is 2.30. The Hall–Kier alpha value is -1.15. The van der Waals surface area contributed by atoms with Crippen LogP contribution in [0.3, 0.4) is 0 Å². The van der Waals surface area contributed by atoms with Gasteiger partial charge in [-0.2, -0.15) is 4.31 Å². The minimum atomic E-state index is -3.32. The Kier molecular flexibility index (Phi) is 7.25. The maximum atomic E-state index is 12.5. The van der Waals surface area contributed by atoms with E-state index in [1.165, 1.54) is 4.31 Å². The van der Waals surface area contributed by atoms with Crippen LogP contribution in [0.25, 0.3) is 0 Å². The third-order valence-corrected chi connectivity index (χ3v) is 6.61. The van der Waals surface area contributed by atoms with E-state index in [0.29, 0.717) is 32.6 Å². The van der Waals surface area contributed by atoms with E-state index in [-0.39, 0.29) is 30.1 Å². The van der Waals surface area contributed by atoms with E-state index < -0.39 is 10.0 Å². The summed E-state index contributed by atoms with van der Waals surface area (Å²) >= 11 is 0. The normalized spacial score (nSPS) is 21.8. The van der Waals surface area contributed by atoms with E-state index in [1.807, 2.05) is 30.3 Å². The summed E-state index contributed by atoms with van der Waals surface area (Å²) in [7, 11) is -3.32. The fourth-order valence-electron chi connectivity index (χ4n) is 3.36. The van der Waals surface area contributed by atoms with Crippen LogP contribution in [0, 0.1) is 0 Å². The molecule has 1 unspecified atom stereocenters. The summed E-state index contributed by atoms with van der Waals surface area (Å²) in [4.78, 5) is 14.1. The molecule has 25 heavy (non-hydrogen) atoms. The summed E-state index contributed by atoms with van der Waals surface area (Å²) in [6, 6.07) is 9.51. The molecular formula is C17H26ClN3O3S. The molecular weight excluding hydrogens is 362 g/mol. The number of nitrogens with one attached hydrogen (secondary N) is 1. The molecule has 2 heterocycles. The molecule has 1 amide bonds. The zero-order chi connectivity index (χ0) is 17.0. The van der Waals surface area contributed by atoms with Gasteiger partial charge in [0.25, 0.3) is 0 Å². The third-order valence-electron chi connectivity index (χ3n) is 4.76. The first-order chi connectivity index (χ1) is 11.5. The van der Waals surface area contributed by atoms with E-state index in [2.05, 4.69) is 5.32 Å². The highest BCUT2D eigenvalue weighted by Crippen LogP contribution is 2.16. The van der Waals surface area contributed by atoms with Gasteiger partial charge in [0.2, 0.25) is 15.9 Å². The largest absolute Gasteiger partial charge is 0.340 e. The Morgan fingerprint density at radius 2 is 1.80 bits per heavy atom. The summed E-state index contributed by atoms with van der Waals surface area (Å²) in [6.45, 7) is 2.74.